The van der Waals surface area contributed by atoms with Crippen molar-refractivity contribution in [1.82, 2.24) is 59.1 Å². The number of carbonyl (C=O) groups is 2. The second-order valence-electron chi connectivity index (χ2n) is 5.41. The lowest BCUT2D eigenvalue weighted by Crippen LogP contribution is -2.31. The van der Waals surface area contributed by atoms with Gasteiger partial charge < -0.3 is 0 Å². The predicted molar refractivity (Wildman–Crippen MR) is 88.9 cm³/mol. The fourth-order valence-electron chi connectivity index (χ4n) is 2.80. The summed E-state index contributed by atoms with van der Waals surface area (Å²) in [5.41, 5.74) is -0.269. The van der Waals surface area contributed by atoms with Crippen molar-refractivity contribution in [2.75, 3.05) is 0 Å². The van der Waals surface area contributed by atoms with Crippen molar-refractivity contribution in [3.05, 3.63) is 50.6 Å². The van der Waals surface area contributed by atoms with Crippen LogP contribution >= 0.6 is 0 Å². The average molecular weight is 376 g/mol. The Morgan fingerprint density at radius 1 is 0.464 bits per heavy atom. The predicted octanol–water partition coefficient (Wildman–Crippen LogP) is -1.44. The lowest BCUT2D eigenvalue weighted by atomic mass is 9.99. The maximum absolute atomic E-state index is 13.5. The molecule has 5 rings (SSSR count). The van der Waals surface area contributed by atoms with Crippen LogP contribution < -0.4 is 0 Å². The number of allylic oxidation sites excluding steroid dienone is 4. The SMILES string of the molecule is O=C1C(n2cncn2)=C(n2cncn2)C(=O)C(n2cncn2)=C1n1cncn1. The Morgan fingerprint density at radius 2 is 0.714 bits per heavy atom. The van der Waals surface area contributed by atoms with Crippen LogP contribution in [0.4, 0.5) is 0 Å². The summed E-state index contributed by atoms with van der Waals surface area (Å²) in [4.78, 5) is 42.5. The molecule has 0 spiro atoms. The van der Waals surface area contributed by atoms with Gasteiger partial charge in [0.25, 0.3) is 0 Å². The fraction of sp³-hybridized carbons (Fsp3) is 0. The molecule has 4 heterocycles. The molecule has 0 radical (unpaired) electrons. The molecule has 0 amide bonds. The molecule has 1 aliphatic rings. The zero-order chi connectivity index (χ0) is 19.1. The van der Waals surface area contributed by atoms with Crippen LogP contribution in [0.2, 0.25) is 0 Å². The number of nitrogens with zero attached hydrogens (tertiary/aromatic N) is 12. The number of ketones is 2. The molecule has 0 bridgehead atoms. The Bertz CT molecular complexity index is 1020. The second kappa shape index (κ2) is 5.97. The van der Waals surface area contributed by atoms with Gasteiger partial charge in [0.2, 0.25) is 11.6 Å². The van der Waals surface area contributed by atoms with Gasteiger partial charge in [-0.2, -0.15) is 20.4 Å². The van der Waals surface area contributed by atoms with Gasteiger partial charge in [-0.15, -0.1) is 0 Å². The van der Waals surface area contributed by atoms with Crippen LogP contribution in [0, 0.1) is 0 Å². The van der Waals surface area contributed by atoms with Crippen molar-refractivity contribution in [2.45, 2.75) is 0 Å². The van der Waals surface area contributed by atoms with Gasteiger partial charge in [0, 0.05) is 0 Å². The molecule has 0 aromatic carbocycles. The van der Waals surface area contributed by atoms with Crippen molar-refractivity contribution in [3.63, 3.8) is 0 Å². The Morgan fingerprint density at radius 3 is 0.893 bits per heavy atom. The highest BCUT2D eigenvalue weighted by molar-refractivity contribution is 6.60. The van der Waals surface area contributed by atoms with Gasteiger partial charge in [-0.1, -0.05) is 0 Å². The first-order valence-corrected chi connectivity index (χ1v) is 7.73. The molecule has 28 heavy (non-hydrogen) atoms. The van der Waals surface area contributed by atoms with Gasteiger partial charge in [0.05, 0.1) is 0 Å². The Balaban J connectivity index is 1.84. The van der Waals surface area contributed by atoms with Gasteiger partial charge in [0.1, 0.15) is 73.4 Å². The molecule has 0 saturated carbocycles. The van der Waals surface area contributed by atoms with Crippen LogP contribution in [0.15, 0.2) is 50.6 Å². The molecule has 0 aliphatic heterocycles. The summed E-state index contributed by atoms with van der Waals surface area (Å²) >= 11 is 0. The fourth-order valence-corrected chi connectivity index (χ4v) is 2.80. The number of aromatic nitrogens is 12. The van der Waals surface area contributed by atoms with Crippen molar-refractivity contribution in [3.8, 4) is 0 Å². The highest BCUT2D eigenvalue weighted by atomic mass is 16.1. The Labute approximate surface area is 154 Å². The van der Waals surface area contributed by atoms with E-state index in [1.807, 2.05) is 0 Å². The van der Waals surface area contributed by atoms with Crippen molar-refractivity contribution < 1.29 is 9.59 Å². The molecule has 1 aliphatic carbocycles. The van der Waals surface area contributed by atoms with E-state index in [9.17, 15) is 9.59 Å². The van der Waals surface area contributed by atoms with E-state index in [2.05, 4.69) is 40.3 Å². The maximum atomic E-state index is 13.5. The molecular formula is C14H8N12O2. The van der Waals surface area contributed by atoms with Gasteiger partial charge in [-0.25, -0.2) is 38.7 Å². The van der Waals surface area contributed by atoms with Crippen LogP contribution in [-0.4, -0.2) is 70.6 Å². The number of hydrogen-bond donors (Lipinski definition) is 0. The van der Waals surface area contributed by atoms with E-state index in [0.29, 0.717) is 0 Å². The minimum Gasteiger partial charge on any atom is -0.285 e. The molecule has 14 heteroatoms. The number of carbonyl (C=O) groups excluding carboxylic acids is 2. The molecule has 4 aromatic rings. The van der Waals surface area contributed by atoms with E-state index < -0.39 is 11.6 Å². The summed E-state index contributed by atoms with van der Waals surface area (Å²) in [5.74, 6) is -1.13. The third kappa shape index (κ3) is 2.21. The lowest BCUT2D eigenvalue weighted by Gasteiger charge is -2.22. The largest absolute Gasteiger partial charge is 0.285 e. The third-order valence-electron chi connectivity index (χ3n) is 3.90. The molecule has 136 valence electrons. The second-order valence-corrected chi connectivity index (χ2v) is 5.41. The van der Waals surface area contributed by atoms with Crippen LogP contribution in [0.1, 0.15) is 0 Å². The summed E-state index contributed by atoms with van der Waals surface area (Å²) in [5, 5.41) is 16.0. The monoisotopic (exact) mass is 376 g/mol. The standard InChI is InChI=1S/C14H8N12O2/c27-13-9(23-5-15-1-19-23)10(24-6-16-2-20-24)14(28)12(26-8-18-4-22-26)11(13)25-7-17-3-21-25/h1-8H. The minimum atomic E-state index is -0.563. The Hall–Kier alpha value is -4.62. The average Bonchev–Trinajstić information content (AvgIpc) is 3.51. The summed E-state index contributed by atoms with van der Waals surface area (Å²) in [6.07, 6.45) is 10.2. The summed E-state index contributed by atoms with van der Waals surface area (Å²) in [7, 11) is 0. The molecule has 0 N–H and O–H groups in total. The molecule has 0 fully saturated rings. The quantitative estimate of drug-likeness (QED) is 0.386. The number of hydrogen-bond acceptors (Lipinski definition) is 10. The van der Waals surface area contributed by atoms with Gasteiger partial charge in [0.15, 0.2) is 0 Å². The molecule has 0 unspecified atom stereocenters. The van der Waals surface area contributed by atoms with Gasteiger partial charge in [-0.3, -0.25) is 9.59 Å². The molecule has 0 atom stereocenters. The highest BCUT2D eigenvalue weighted by Gasteiger charge is 2.40. The van der Waals surface area contributed by atoms with Crippen LogP contribution in [-0.2, 0) is 9.59 Å². The zero-order valence-corrected chi connectivity index (χ0v) is 13.8. The van der Waals surface area contributed by atoms with Crippen LogP contribution in [0.5, 0.6) is 0 Å². The van der Waals surface area contributed by atoms with Crippen LogP contribution in [0.25, 0.3) is 22.8 Å². The summed E-state index contributed by atoms with van der Waals surface area (Å²) < 4.78 is 4.75. The minimum absolute atomic E-state index is 0.0673. The maximum Gasteiger partial charge on any atom is 0.234 e. The summed E-state index contributed by atoms with van der Waals surface area (Å²) in [6.45, 7) is 0. The third-order valence-corrected chi connectivity index (χ3v) is 3.90. The first kappa shape index (κ1) is 15.6. The normalized spacial score (nSPS) is 15.0. The zero-order valence-electron chi connectivity index (χ0n) is 13.8. The van der Waals surface area contributed by atoms with E-state index in [0.717, 1.165) is 0 Å². The van der Waals surface area contributed by atoms with Crippen molar-refractivity contribution in [1.29, 1.82) is 0 Å². The molecule has 14 nitrogen and oxygen atoms in total. The Kier molecular flexibility index (Phi) is 3.33. The summed E-state index contributed by atoms with van der Waals surface area (Å²) in [6, 6.07) is 0. The van der Waals surface area contributed by atoms with E-state index in [1.165, 1.54) is 69.3 Å². The first-order valence-electron chi connectivity index (χ1n) is 7.73. The molecule has 4 aromatic heterocycles. The first-order chi connectivity index (χ1) is 13.8. The van der Waals surface area contributed by atoms with Crippen molar-refractivity contribution in [2.24, 2.45) is 0 Å². The van der Waals surface area contributed by atoms with E-state index in [4.69, 9.17) is 0 Å². The number of Topliss-reactive ketones (excluding diaryl/α,β-unsaturated/α-hetero) is 2. The topological polar surface area (TPSA) is 157 Å². The van der Waals surface area contributed by atoms with Gasteiger partial charge >= 0.3 is 0 Å². The van der Waals surface area contributed by atoms with Crippen molar-refractivity contribution >= 4 is 34.4 Å². The molecule has 0 saturated heterocycles. The lowest BCUT2D eigenvalue weighted by molar-refractivity contribution is -0.112. The van der Waals surface area contributed by atoms with Gasteiger partial charge in [-0.05, 0) is 0 Å². The van der Waals surface area contributed by atoms with E-state index in [1.54, 1.807) is 0 Å². The van der Waals surface area contributed by atoms with E-state index >= 15 is 0 Å². The smallest absolute Gasteiger partial charge is 0.234 e. The van der Waals surface area contributed by atoms with E-state index in [-0.39, 0.29) is 22.8 Å². The van der Waals surface area contributed by atoms with Crippen LogP contribution in [0.3, 0.4) is 0 Å². The molecular weight excluding hydrogens is 368 g/mol. The highest BCUT2D eigenvalue weighted by Crippen LogP contribution is 2.33. The number of rotatable bonds is 4.